The highest BCUT2D eigenvalue weighted by atomic mass is 19.2. The molecule has 0 spiro atoms. The number of halogens is 5. The molecule has 1 saturated heterocycles. The fourth-order valence-corrected chi connectivity index (χ4v) is 6.19. The van der Waals surface area contributed by atoms with Crippen molar-refractivity contribution >= 4 is 18.0 Å². The molecule has 1 aromatic carbocycles. The van der Waals surface area contributed by atoms with Crippen LogP contribution in [0.5, 0.6) is 5.75 Å². The minimum Gasteiger partial charge on any atom is -0.463 e. The van der Waals surface area contributed by atoms with Gasteiger partial charge in [-0.15, -0.1) is 0 Å². The van der Waals surface area contributed by atoms with Gasteiger partial charge in [-0.2, -0.15) is 8.78 Å². The lowest BCUT2D eigenvalue weighted by atomic mass is 9.69. The number of methoxy groups -OCH3 is 1. The van der Waals surface area contributed by atoms with E-state index in [0.29, 0.717) is 25.7 Å². The maximum absolute atomic E-state index is 15.1. The molecule has 1 aromatic rings. The van der Waals surface area contributed by atoms with E-state index in [1.54, 1.807) is 39.6 Å². The predicted octanol–water partition coefficient (Wildman–Crippen LogP) is 3.97. The standard InChI is InChI=1S/C28H40F5N3O5/c1-9-16(4)28(17(40-8)11-14-37,41-23-21(32)19(30)18(29)20(31)22(23)33)36(7)27(15(2)3,25(34)39)24(38)26(5)12-10-13-35(26)6/h14-17H,9-13H2,1-8H3,(H2,34,39)/t16-,17+,26+,27+,28+/m0/s1. The van der Waals surface area contributed by atoms with Crippen molar-refractivity contribution in [1.82, 2.24) is 9.80 Å². The van der Waals surface area contributed by atoms with Crippen LogP contribution in [0.25, 0.3) is 0 Å². The van der Waals surface area contributed by atoms with E-state index in [2.05, 4.69) is 0 Å². The Hall–Kier alpha value is -2.64. The third kappa shape index (κ3) is 5.25. The Kier molecular flexibility index (Phi) is 10.7. The molecule has 1 heterocycles. The highest BCUT2D eigenvalue weighted by Crippen LogP contribution is 2.46. The normalized spacial score (nSPS) is 22.3. The van der Waals surface area contributed by atoms with Gasteiger partial charge in [0.2, 0.25) is 35.0 Å². The fourth-order valence-electron chi connectivity index (χ4n) is 6.19. The summed E-state index contributed by atoms with van der Waals surface area (Å²) in [7, 11) is 4.10. The number of likely N-dealkylation sites (N-methyl/N-ethyl adjacent to an activating group) is 2. The zero-order valence-corrected chi connectivity index (χ0v) is 24.7. The lowest BCUT2D eigenvalue weighted by molar-refractivity contribution is -0.229. The van der Waals surface area contributed by atoms with E-state index >= 15 is 8.78 Å². The van der Waals surface area contributed by atoms with Crippen molar-refractivity contribution < 1.29 is 45.8 Å². The summed E-state index contributed by atoms with van der Waals surface area (Å²) in [5.41, 5.74) is 0.197. The summed E-state index contributed by atoms with van der Waals surface area (Å²) in [5.74, 6) is -16.7. The Labute approximate surface area is 237 Å². The smallest absolute Gasteiger partial charge is 0.246 e. The highest BCUT2D eigenvalue weighted by Gasteiger charge is 2.66. The van der Waals surface area contributed by atoms with E-state index in [1.807, 2.05) is 0 Å². The molecular formula is C28H40F5N3O5. The van der Waals surface area contributed by atoms with Crippen LogP contribution < -0.4 is 10.5 Å². The summed E-state index contributed by atoms with van der Waals surface area (Å²) in [6.45, 7) is 8.41. The third-order valence-corrected chi connectivity index (χ3v) is 8.91. The van der Waals surface area contributed by atoms with Gasteiger partial charge >= 0.3 is 0 Å². The van der Waals surface area contributed by atoms with Crippen LogP contribution in [0.1, 0.15) is 60.3 Å². The first kappa shape index (κ1) is 34.6. The molecule has 1 aliphatic rings. The Bertz CT molecular complexity index is 1140. The Morgan fingerprint density at radius 3 is 1.98 bits per heavy atom. The van der Waals surface area contributed by atoms with Gasteiger partial charge in [0.15, 0.2) is 22.8 Å². The number of carbonyl (C=O) groups is 3. The summed E-state index contributed by atoms with van der Waals surface area (Å²) in [6, 6.07) is 0. The number of hydrogen-bond acceptors (Lipinski definition) is 7. The molecule has 0 radical (unpaired) electrons. The van der Waals surface area contributed by atoms with Crippen LogP contribution in [-0.2, 0) is 19.1 Å². The van der Waals surface area contributed by atoms with Gasteiger partial charge in [0.1, 0.15) is 12.4 Å². The average molecular weight is 594 g/mol. The zero-order valence-electron chi connectivity index (χ0n) is 24.7. The zero-order chi connectivity index (χ0) is 31.7. The van der Waals surface area contributed by atoms with Crippen molar-refractivity contribution in [2.75, 3.05) is 27.7 Å². The highest BCUT2D eigenvalue weighted by molar-refractivity contribution is 6.14. The first-order chi connectivity index (χ1) is 19.0. The molecular weight excluding hydrogens is 553 g/mol. The summed E-state index contributed by atoms with van der Waals surface area (Å²) < 4.78 is 84.2. The molecule has 0 saturated carbocycles. The van der Waals surface area contributed by atoms with Crippen molar-refractivity contribution in [1.29, 1.82) is 0 Å². The lowest BCUT2D eigenvalue weighted by Gasteiger charge is -2.57. The fraction of sp³-hybridized carbons (Fsp3) is 0.679. The summed E-state index contributed by atoms with van der Waals surface area (Å²) in [6.07, 6.45) is -0.464. The molecule has 0 bridgehead atoms. The van der Waals surface area contributed by atoms with Crippen molar-refractivity contribution in [3.8, 4) is 5.75 Å². The second-order valence-electron chi connectivity index (χ2n) is 11.2. The van der Waals surface area contributed by atoms with Gasteiger partial charge < -0.3 is 20.0 Å². The number of likely N-dealkylation sites (tertiary alicyclic amines) is 1. The van der Waals surface area contributed by atoms with E-state index in [1.165, 1.54) is 14.0 Å². The first-order valence-corrected chi connectivity index (χ1v) is 13.4. The number of Topliss-reactive ketones (excluding diaryl/α,β-unsaturated/α-hetero) is 1. The number of primary amides is 1. The summed E-state index contributed by atoms with van der Waals surface area (Å²) >= 11 is 0. The largest absolute Gasteiger partial charge is 0.463 e. The van der Waals surface area contributed by atoms with Gasteiger partial charge in [-0.05, 0) is 52.7 Å². The van der Waals surface area contributed by atoms with Crippen molar-refractivity contribution in [2.45, 2.75) is 83.2 Å². The number of amides is 1. The van der Waals surface area contributed by atoms with Gasteiger partial charge in [-0.1, -0.05) is 27.7 Å². The Morgan fingerprint density at radius 1 is 1.10 bits per heavy atom. The summed E-state index contributed by atoms with van der Waals surface area (Å²) in [5, 5.41) is 0. The molecule has 0 unspecified atom stereocenters. The third-order valence-electron chi connectivity index (χ3n) is 8.91. The maximum Gasteiger partial charge on any atom is 0.246 e. The van der Waals surface area contributed by atoms with Crippen molar-refractivity contribution in [3.05, 3.63) is 29.1 Å². The van der Waals surface area contributed by atoms with E-state index in [4.69, 9.17) is 15.2 Å². The molecule has 8 nitrogen and oxygen atoms in total. The van der Waals surface area contributed by atoms with Crippen LogP contribution in [0.15, 0.2) is 0 Å². The number of nitrogens with zero attached hydrogens (tertiary/aromatic N) is 2. The number of ketones is 1. The van der Waals surface area contributed by atoms with Crippen molar-refractivity contribution in [2.24, 2.45) is 17.6 Å². The number of aldehydes is 1. The molecule has 2 rings (SSSR count). The van der Waals surface area contributed by atoms with Crippen LogP contribution >= 0.6 is 0 Å². The molecule has 2 N–H and O–H groups in total. The molecule has 41 heavy (non-hydrogen) atoms. The molecule has 1 aliphatic heterocycles. The molecule has 1 amide bonds. The van der Waals surface area contributed by atoms with E-state index in [9.17, 15) is 27.6 Å². The molecule has 232 valence electrons. The van der Waals surface area contributed by atoms with Crippen LogP contribution in [0.4, 0.5) is 22.0 Å². The van der Waals surface area contributed by atoms with E-state index in [0.717, 1.165) is 12.0 Å². The maximum atomic E-state index is 15.1. The number of ether oxygens (including phenoxy) is 2. The number of hydrogen-bond donors (Lipinski definition) is 1. The van der Waals surface area contributed by atoms with Gasteiger partial charge in [0.05, 0.1) is 5.54 Å². The van der Waals surface area contributed by atoms with Crippen LogP contribution in [0.2, 0.25) is 0 Å². The number of nitrogens with two attached hydrogens (primary N) is 1. The minimum absolute atomic E-state index is 0.122. The lowest BCUT2D eigenvalue weighted by Crippen LogP contribution is -2.79. The quantitative estimate of drug-likeness (QED) is 0.0870. The summed E-state index contributed by atoms with van der Waals surface area (Å²) in [4.78, 5) is 42.8. The average Bonchev–Trinajstić information content (AvgIpc) is 3.28. The predicted molar refractivity (Wildman–Crippen MR) is 140 cm³/mol. The number of carbonyl (C=O) groups excluding carboxylic acids is 3. The first-order valence-electron chi connectivity index (χ1n) is 13.4. The SMILES string of the molecule is CC[C@H](C)[C@@](Oc1c(F)c(F)c(F)c(F)c1F)([C@@H](CC=O)OC)N(C)[C@@](C(N)=O)(C(=O)[C@@]1(C)CCCN1C)C(C)C. The second-order valence-corrected chi connectivity index (χ2v) is 11.2. The molecule has 5 atom stereocenters. The van der Waals surface area contributed by atoms with Gasteiger partial charge in [0, 0.05) is 19.4 Å². The second kappa shape index (κ2) is 12.7. The van der Waals surface area contributed by atoms with Crippen LogP contribution in [0, 0.1) is 40.9 Å². The Morgan fingerprint density at radius 2 is 1.61 bits per heavy atom. The molecule has 13 heteroatoms. The topological polar surface area (TPSA) is 102 Å². The van der Waals surface area contributed by atoms with Gasteiger partial charge in [-0.3, -0.25) is 14.5 Å². The van der Waals surface area contributed by atoms with E-state index in [-0.39, 0.29) is 6.42 Å². The minimum atomic E-state index is -2.40. The molecule has 1 fully saturated rings. The van der Waals surface area contributed by atoms with E-state index < -0.39 is 87.7 Å². The molecule has 0 aromatic heterocycles. The van der Waals surface area contributed by atoms with Crippen LogP contribution in [-0.4, -0.2) is 78.4 Å². The number of benzene rings is 1. The molecule has 0 aliphatic carbocycles. The Balaban J connectivity index is 3.09. The van der Waals surface area contributed by atoms with Gasteiger partial charge in [0.25, 0.3) is 0 Å². The number of rotatable bonds is 14. The van der Waals surface area contributed by atoms with Gasteiger partial charge in [-0.25, -0.2) is 18.1 Å². The van der Waals surface area contributed by atoms with Crippen LogP contribution in [0.3, 0.4) is 0 Å². The monoisotopic (exact) mass is 593 g/mol. The van der Waals surface area contributed by atoms with Crippen molar-refractivity contribution in [3.63, 3.8) is 0 Å².